The second-order valence-electron chi connectivity index (χ2n) is 4.11. The number of ether oxygens (including phenoxy) is 1. The zero-order valence-electron chi connectivity index (χ0n) is 11.4. The third-order valence-corrected chi connectivity index (χ3v) is 2.52. The predicted molar refractivity (Wildman–Crippen MR) is 68.0 cm³/mol. The average Bonchev–Trinajstić information content (AvgIpc) is 2.23. The van der Waals surface area contributed by atoms with Crippen LogP contribution < -0.4 is 0 Å². The smallest absolute Gasteiger partial charge is 0.308 e. The molecule has 0 saturated heterocycles. The Morgan fingerprint density at radius 2 is 1.88 bits per heavy atom. The molecule has 0 N–H and O–H groups in total. The molecule has 0 aromatic rings. The van der Waals surface area contributed by atoms with Crippen molar-refractivity contribution < 1.29 is 9.53 Å². The number of allylic oxidation sites excluding steroid dienone is 3. The van der Waals surface area contributed by atoms with Crippen LogP contribution in [0, 0.1) is 5.92 Å². The zero-order chi connectivity index (χ0) is 12.7. The first-order valence-corrected chi connectivity index (χ1v) is 6.09. The monoisotopic (exact) mass is 224 g/mol. The summed E-state index contributed by atoms with van der Waals surface area (Å²) < 4.78 is 5.15. The molecule has 0 amide bonds. The molecule has 2 nitrogen and oxygen atoms in total. The number of carbonyl (C=O) groups excluding carboxylic acids is 1. The molecule has 1 aliphatic rings. The summed E-state index contributed by atoms with van der Waals surface area (Å²) in [5, 5.41) is 0. The van der Waals surface area contributed by atoms with Crippen LogP contribution in [0.5, 0.6) is 0 Å². The van der Waals surface area contributed by atoms with E-state index in [4.69, 9.17) is 4.74 Å². The van der Waals surface area contributed by atoms with Crippen molar-refractivity contribution in [2.75, 3.05) is 0 Å². The Labute approximate surface area is 99.4 Å². The van der Waals surface area contributed by atoms with E-state index in [0.717, 1.165) is 18.6 Å². The first-order valence-electron chi connectivity index (χ1n) is 6.09. The second kappa shape index (κ2) is 7.26. The fourth-order valence-electron chi connectivity index (χ4n) is 1.55. The molecule has 0 radical (unpaired) electrons. The Bertz CT molecular complexity index is 296. The van der Waals surface area contributed by atoms with Gasteiger partial charge in [-0.1, -0.05) is 33.3 Å². The predicted octanol–water partition coefficient (Wildman–Crippen LogP) is 4.23. The Hall–Kier alpha value is -1.05. The van der Waals surface area contributed by atoms with Gasteiger partial charge in [0.15, 0.2) is 0 Å². The summed E-state index contributed by atoms with van der Waals surface area (Å²) >= 11 is 0. The minimum Gasteiger partial charge on any atom is -0.427 e. The Morgan fingerprint density at radius 1 is 1.31 bits per heavy atom. The largest absolute Gasteiger partial charge is 0.427 e. The molecule has 16 heavy (non-hydrogen) atoms. The van der Waals surface area contributed by atoms with Crippen LogP contribution in [0.1, 0.15) is 54.4 Å². The van der Waals surface area contributed by atoms with Crippen LogP contribution in [0.2, 0.25) is 0 Å². The highest BCUT2D eigenvalue weighted by atomic mass is 16.5. The summed E-state index contributed by atoms with van der Waals surface area (Å²) in [4.78, 5) is 10.8. The molecule has 92 valence electrons. The molecule has 0 aliphatic heterocycles. The van der Waals surface area contributed by atoms with Gasteiger partial charge >= 0.3 is 5.97 Å². The van der Waals surface area contributed by atoms with Crippen LogP contribution in [0.3, 0.4) is 0 Å². The van der Waals surface area contributed by atoms with Crippen molar-refractivity contribution in [3.63, 3.8) is 0 Å². The van der Waals surface area contributed by atoms with Gasteiger partial charge in [0.2, 0.25) is 0 Å². The highest BCUT2D eigenvalue weighted by molar-refractivity contribution is 5.68. The van der Waals surface area contributed by atoms with Crippen LogP contribution in [0.15, 0.2) is 23.0 Å². The zero-order valence-corrected chi connectivity index (χ0v) is 11.4. The number of hydrogen-bond donors (Lipinski definition) is 0. The van der Waals surface area contributed by atoms with Crippen molar-refractivity contribution in [2.45, 2.75) is 54.4 Å². The van der Waals surface area contributed by atoms with Gasteiger partial charge in [0.25, 0.3) is 0 Å². The first-order chi connectivity index (χ1) is 7.50. The first kappa shape index (κ1) is 14.9. The maximum Gasteiger partial charge on any atom is 0.308 e. The summed E-state index contributed by atoms with van der Waals surface area (Å²) in [7, 11) is 0. The van der Waals surface area contributed by atoms with Gasteiger partial charge in [0, 0.05) is 6.92 Å². The normalized spacial score (nSPS) is 15.3. The van der Waals surface area contributed by atoms with E-state index in [1.807, 2.05) is 26.8 Å². The van der Waals surface area contributed by atoms with Crippen molar-refractivity contribution in [1.82, 2.24) is 0 Å². The topological polar surface area (TPSA) is 26.3 Å². The lowest BCUT2D eigenvalue weighted by Gasteiger charge is -2.19. The van der Waals surface area contributed by atoms with Crippen molar-refractivity contribution in [3.05, 3.63) is 23.0 Å². The van der Waals surface area contributed by atoms with Crippen LogP contribution in [0.25, 0.3) is 0 Å². The fraction of sp³-hybridized carbons (Fsp3) is 0.643. The van der Waals surface area contributed by atoms with Gasteiger partial charge in [0.1, 0.15) is 5.76 Å². The average molecular weight is 224 g/mol. The molecule has 1 rings (SSSR count). The number of hydrogen-bond acceptors (Lipinski definition) is 2. The Morgan fingerprint density at radius 3 is 2.31 bits per heavy atom. The molecule has 0 heterocycles. The quantitative estimate of drug-likeness (QED) is 0.656. The lowest BCUT2D eigenvalue weighted by atomic mass is 9.91. The molecule has 0 fully saturated rings. The fourth-order valence-corrected chi connectivity index (χ4v) is 1.55. The Kier molecular flexibility index (Phi) is 6.78. The second-order valence-corrected chi connectivity index (χ2v) is 4.11. The maximum absolute atomic E-state index is 10.8. The minimum atomic E-state index is -0.236. The molecule has 0 unspecified atom stereocenters. The van der Waals surface area contributed by atoms with E-state index in [2.05, 4.69) is 13.8 Å². The summed E-state index contributed by atoms with van der Waals surface area (Å²) in [6.07, 6.45) is 4.12. The number of rotatable bonds is 2. The SMILES string of the molecule is CC.CC(=O)OC1=C(C)CCC(C(C)C)=C1. The van der Waals surface area contributed by atoms with Gasteiger partial charge in [-0.15, -0.1) is 0 Å². The number of esters is 1. The highest BCUT2D eigenvalue weighted by Gasteiger charge is 2.14. The molecule has 1 aliphatic carbocycles. The Balaban J connectivity index is 0.00000106. The molecular weight excluding hydrogens is 200 g/mol. The van der Waals surface area contributed by atoms with E-state index in [-0.39, 0.29) is 5.97 Å². The molecule has 0 spiro atoms. The third kappa shape index (κ3) is 4.65. The number of carbonyl (C=O) groups is 1. The summed E-state index contributed by atoms with van der Waals surface area (Å²) in [6.45, 7) is 11.8. The molecule has 0 atom stereocenters. The van der Waals surface area contributed by atoms with Gasteiger partial charge in [-0.3, -0.25) is 4.79 Å². The van der Waals surface area contributed by atoms with E-state index in [9.17, 15) is 4.79 Å². The summed E-state index contributed by atoms with van der Waals surface area (Å²) in [5.41, 5.74) is 2.54. The molecule has 0 bridgehead atoms. The molecule has 2 heteroatoms. The molecule has 0 aromatic carbocycles. The van der Waals surface area contributed by atoms with Gasteiger partial charge < -0.3 is 4.74 Å². The molecule has 0 aromatic heterocycles. The van der Waals surface area contributed by atoms with Crippen molar-refractivity contribution in [2.24, 2.45) is 5.92 Å². The van der Waals surface area contributed by atoms with Gasteiger partial charge in [-0.05, 0) is 37.3 Å². The minimum absolute atomic E-state index is 0.236. The van der Waals surface area contributed by atoms with E-state index in [0.29, 0.717) is 5.92 Å². The van der Waals surface area contributed by atoms with Crippen molar-refractivity contribution in [1.29, 1.82) is 0 Å². The van der Waals surface area contributed by atoms with Gasteiger partial charge in [-0.25, -0.2) is 0 Å². The standard InChI is InChI=1S/C12H18O2.C2H6/c1-8(2)11-6-5-9(3)12(7-11)14-10(4)13;1-2/h7-8H,5-6H2,1-4H3;1-2H3. The van der Waals surface area contributed by atoms with E-state index in [1.54, 1.807) is 0 Å². The van der Waals surface area contributed by atoms with Crippen LogP contribution in [0.4, 0.5) is 0 Å². The third-order valence-electron chi connectivity index (χ3n) is 2.52. The lowest BCUT2D eigenvalue weighted by molar-refractivity contribution is -0.136. The summed E-state index contributed by atoms with van der Waals surface area (Å²) in [5.74, 6) is 1.06. The highest BCUT2D eigenvalue weighted by Crippen LogP contribution is 2.28. The van der Waals surface area contributed by atoms with Gasteiger partial charge in [0.05, 0.1) is 0 Å². The van der Waals surface area contributed by atoms with Crippen LogP contribution in [-0.2, 0) is 9.53 Å². The van der Waals surface area contributed by atoms with E-state index in [1.165, 1.54) is 18.1 Å². The maximum atomic E-state index is 10.8. The van der Waals surface area contributed by atoms with Crippen molar-refractivity contribution >= 4 is 5.97 Å². The van der Waals surface area contributed by atoms with Gasteiger partial charge in [-0.2, -0.15) is 0 Å². The van der Waals surface area contributed by atoms with Crippen molar-refractivity contribution in [3.8, 4) is 0 Å². The van der Waals surface area contributed by atoms with Crippen LogP contribution >= 0.6 is 0 Å². The van der Waals surface area contributed by atoms with E-state index >= 15 is 0 Å². The summed E-state index contributed by atoms with van der Waals surface area (Å²) in [6, 6.07) is 0. The molecule has 0 saturated carbocycles. The lowest BCUT2D eigenvalue weighted by Crippen LogP contribution is -2.07. The molecular formula is C14H24O2. The van der Waals surface area contributed by atoms with E-state index < -0.39 is 0 Å². The van der Waals surface area contributed by atoms with Crippen LogP contribution in [-0.4, -0.2) is 5.97 Å².